The maximum Gasteiger partial charge on any atom is 0.194 e. The number of halogens is 1. The van der Waals surface area contributed by atoms with Crippen LogP contribution in [0, 0.1) is 0 Å². The van der Waals surface area contributed by atoms with Gasteiger partial charge in [0.15, 0.2) is 5.96 Å². The first kappa shape index (κ1) is 22.7. The van der Waals surface area contributed by atoms with E-state index < -0.39 is 0 Å². The molecule has 2 heterocycles. The van der Waals surface area contributed by atoms with Crippen molar-refractivity contribution in [2.24, 2.45) is 4.99 Å². The van der Waals surface area contributed by atoms with E-state index in [2.05, 4.69) is 54.5 Å². The average molecular weight is 488 g/mol. The van der Waals surface area contributed by atoms with E-state index in [1.165, 1.54) is 12.2 Å². The SMILES string of the molecule is CCNC(=NCC1(SCC)CCOCC1)N1CCSC(CC)C1.I. The maximum atomic E-state index is 5.58. The molecule has 0 aliphatic carbocycles. The molecule has 1 N–H and O–H groups in total. The number of hydrogen-bond donors (Lipinski definition) is 1. The van der Waals surface area contributed by atoms with E-state index in [0.717, 1.165) is 69.2 Å². The molecule has 0 bridgehead atoms. The lowest BCUT2D eigenvalue weighted by Crippen LogP contribution is -2.48. The lowest BCUT2D eigenvalue weighted by atomic mass is 9.99. The van der Waals surface area contributed by atoms with Gasteiger partial charge < -0.3 is 15.0 Å². The van der Waals surface area contributed by atoms with Crippen LogP contribution in [0.2, 0.25) is 0 Å². The van der Waals surface area contributed by atoms with Crippen LogP contribution in [0.4, 0.5) is 0 Å². The monoisotopic (exact) mass is 487 g/mol. The molecule has 0 aromatic heterocycles. The highest BCUT2D eigenvalue weighted by Gasteiger charge is 2.33. The molecule has 2 saturated heterocycles. The number of hydrogen-bond acceptors (Lipinski definition) is 4. The topological polar surface area (TPSA) is 36.9 Å². The van der Waals surface area contributed by atoms with E-state index in [-0.39, 0.29) is 28.7 Å². The molecule has 2 aliphatic rings. The third-order valence-electron chi connectivity index (χ3n) is 4.60. The lowest BCUT2D eigenvalue weighted by Gasteiger charge is -2.37. The number of guanidine groups is 1. The Morgan fingerprint density at radius 1 is 1.33 bits per heavy atom. The van der Waals surface area contributed by atoms with Crippen LogP contribution in [0.25, 0.3) is 0 Å². The molecular weight excluding hydrogens is 453 g/mol. The second-order valence-corrected chi connectivity index (χ2v) is 9.39. The zero-order chi connectivity index (χ0) is 16.5. The Labute approximate surface area is 173 Å². The molecule has 7 heteroatoms. The van der Waals surface area contributed by atoms with E-state index in [1.54, 1.807) is 0 Å². The first-order chi connectivity index (χ1) is 11.2. The smallest absolute Gasteiger partial charge is 0.194 e. The minimum Gasteiger partial charge on any atom is -0.381 e. The van der Waals surface area contributed by atoms with Gasteiger partial charge in [0.05, 0.1) is 6.54 Å². The third-order valence-corrected chi connectivity index (χ3v) is 7.41. The Hall–Kier alpha value is 0.660. The first-order valence-electron chi connectivity index (χ1n) is 9.09. The summed E-state index contributed by atoms with van der Waals surface area (Å²) in [6.45, 7) is 12.6. The second-order valence-electron chi connectivity index (χ2n) is 6.25. The van der Waals surface area contributed by atoms with Gasteiger partial charge in [0.2, 0.25) is 0 Å². The van der Waals surface area contributed by atoms with Gasteiger partial charge in [0.25, 0.3) is 0 Å². The van der Waals surface area contributed by atoms with Crippen molar-refractivity contribution in [1.82, 2.24) is 10.2 Å². The summed E-state index contributed by atoms with van der Waals surface area (Å²) >= 11 is 4.18. The van der Waals surface area contributed by atoms with Crippen LogP contribution in [0.5, 0.6) is 0 Å². The predicted octanol–water partition coefficient (Wildman–Crippen LogP) is 3.70. The van der Waals surface area contributed by atoms with Crippen molar-refractivity contribution < 1.29 is 4.74 Å². The van der Waals surface area contributed by atoms with Crippen LogP contribution in [0.1, 0.15) is 40.0 Å². The summed E-state index contributed by atoms with van der Waals surface area (Å²) in [7, 11) is 0. The van der Waals surface area contributed by atoms with Crippen LogP contribution in [0.3, 0.4) is 0 Å². The van der Waals surface area contributed by atoms with Crippen LogP contribution < -0.4 is 5.32 Å². The summed E-state index contributed by atoms with van der Waals surface area (Å²) in [6, 6.07) is 0. The molecule has 2 fully saturated rings. The number of aliphatic imine (C=N–C) groups is 1. The predicted molar refractivity (Wildman–Crippen MR) is 120 cm³/mol. The molecule has 0 amide bonds. The normalized spacial score (nSPS) is 24.4. The van der Waals surface area contributed by atoms with Gasteiger partial charge in [-0.1, -0.05) is 13.8 Å². The third kappa shape index (κ3) is 6.76. The lowest BCUT2D eigenvalue weighted by molar-refractivity contribution is 0.0793. The van der Waals surface area contributed by atoms with Gasteiger partial charge in [-0.25, -0.2) is 0 Å². The number of rotatable bonds is 6. The summed E-state index contributed by atoms with van der Waals surface area (Å²) in [5, 5.41) is 4.27. The Morgan fingerprint density at radius 2 is 2.08 bits per heavy atom. The molecule has 142 valence electrons. The van der Waals surface area contributed by atoms with Crippen molar-refractivity contribution in [3.05, 3.63) is 0 Å². The second kappa shape index (κ2) is 12.1. The molecule has 0 spiro atoms. The number of ether oxygens (including phenoxy) is 1. The highest BCUT2D eigenvalue weighted by molar-refractivity contribution is 14.0. The van der Waals surface area contributed by atoms with Crippen molar-refractivity contribution in [3.8, 4) is 0 Å². The zero-order valence-corrected chi connectivity index (χ0v) is 19.3. The van der Waals surface area contributed by atoms with Gasteiger partial charge in [0.1, 0.15) is 0 Å². The molecule has 4 nitrogen and oxygen atoms in total. The molecule has 0 radical (unpaired) electrons. The molecular formula is C17H34IN3OS2. The van der Waals surface area contributed by atoms with Crippen molar-refractivity contribution in [1.29, 1.82) is 0 Å². The fourth-order valence-electron chi connectivity index (χ4n) is 3.20. The van der Waals surface area contributed by atoms with Gasteiger partial charge in [-0.2, -0.15) is 23.5 Å². The molecule has 0 aromatic rings. The molecule has 24 heavy (non-hydrogen) atoms. The van der Waals surface area contributed by atoms with Crippen molar-refractivity contribution in [2.75, 3.05) is 50.9 Å². The van der Waals surface area contributed by atoms with E-state index in [4.69, 9.17) is 9.73 Å². The van der Waals surface area contributed by atoms with Crippen LogP contribution in [0.15, 0.2) is 4.99 Å². The van der Waals surface area contributed by atoms with Crippen LogP contribution >= 0.6 is 47.5 Å². The van der Waals surface area contributed by atoms with Crippen molar-refractivity contribution >= 4 is 53.5 Å². The molecule has 0 saturated carbocycles. The summed E-state index contributed by atoms with van der Waals surface area (Å²) in [6.07, 6.45) is 3.50. The summed E-state index contributed by atoms with van der Waals surface area (Å²) in [5.41, 5.74) is 0. The van der Waals surface area contributed by atoms with Gasteiger partial charge in [0, 0.05) is 48.6 Å². The van der Waals surface area contributed by atoms with E-state index in [9.17, 15) is 0 Å². The first-order valence-corrected chi connectivity index (χ1v) is 11.1. The quantitative estimate of drug-likeness (QED) is 0.351. The van der Waals surface area contributed by atoms with Gasteiger partial charge in [-0.15, -0.1) is 24.0 Å². The van der Waals surface area contributed by atoms with Crippen molar-refractivity contribution in [2.45, 2.75) is 50.0 Å². The number of nitrogens with zero attached hydrogens (tertiary/aromatic N) is 2. The largest absolute Gasteiger partial charge is 0.381 e. The van der Waals surface area contributed by atoms with Gasteiger partial charge in [-0.3, -0.25) is 4.99 Å². The van der Waals surface area contributed by atoms with Crippen LogP contribution in [-0.4, -0.2) is 71.8 Å². The van der Waals surface area contributed by atoms with E-state index >= 15 is 0 Å². The number of thioether (sulfide) groups is 2. The standard InChI is InChI=1S/C17H33N3OS2.HI/c1-4-15-13-20(9-12-22-15)16(18-5-2)19-14-17(23-6-3)7-10-21-11-8-17;/h15H,4-14H2,1-3H3,(H,18,19);1H. The Kier molecular flexibility index (Phi) is 11.5. The summed E-state index contributed by atoms with van der Waals surface area (Å²) in [4.78, 5) is 7.54. The fraction of sp³-hybridized carbons (Fsp3) is 0.941. The fourth-order valence-corrected chi connectivity index (χ4v) is 5.60. The molecule has 2 rings (SSSR count). The highest BCUT2D eigenvalue weighted by Crippen LogP contribution is 2.35. The highest BCUT2D eigenvalue weighted by atomic mass is 127. The van der Waals surface area contributed by atoms with Crippen molar-refractivity contribution in [3.63, 3.8) is 0 Å². The molecule has 0 aromatic carbocycles. The zero-order valence-electron chi connectivity index (χ0n) is 15.4. The summed E-state index contributed by atoms with van der Waals surface area (Å²) < 4.78 is 5.86. The maximum absolute atomic E-state index is 5.58. The minimum atomic E-state index is 0. The Balaban J connectivity index is 0.00000288. The van der Waals surface area contributed by atoms with E-state index in [1.807, 2.05) is 0 Å². The summed E-state index contributed by atoms with van der Waals surface area (Å²) in [5.74, 6) is 3.49. The van der Waals surface area contributed by atoms with Gasteiger partial charge in [-0.05, 0) is 31.9 Å². The van der Waals surface area contributed by atoms with E-state index in [0.29, 0.717) is 0 Å². The number of nitrogens with one attached hydrogen (secondary N) is 1. The Bertz CT molecular complexity index is 373. The van der Waals surface area contributed by atoms with Gasteiger partial charge >= 0.3 is 0 Å². The molecule has 1 atom stereocenters. The average Bonchev–Trinajstić information content (AvgIpc) is 2.60. The minimum absolute atomic E-state index is 0. The molecule has 1 unspecified atom stereocenters. The van der Waals surface area contributed by atoms with Crippen LogP contribution in [-0.2, 0) is 4.74 Å². The Morgan fingerprint density at radius 3 is 2.71 bits per heavy atom. The molecule has 2 aliphatic heterocycles.